The number of nitrogens with zero attached hydrogens (tertiary/aromatic N) is 1. The number of carbonyl (C=O) groups excluding carboxylic acids is 2. The molecule has 0 N–H and O–H groups in total. The molecule has 120 valence electrons. The van der Waals surface area contributed by atoms with Crippen LogP contribution in [0.1, 0.15) is 25.3 Å². The van der Waals surface area contributed by atoms with Crippen LogP contribution < -0.4 is 0 Å². The number of benzene rings is 1. The SMILES string of the molecule is CC/C(=C/C(=O)OC)CCN(C)C(=O)OCc1ccccc1. The summed E-state index contributed by atoms with van der Waals surface area (Å²) in [5.74, 6) is -0.369. The molecule has 22 heavy (non-hydrogen) atoms. The van der Waals surface area contributed by atoms with E-state index in [1.807, 2.05) is 37.3 Å². The molecule has 0 heterocycles. The van der Waals surface area contributed by atoms with Crippen LogP contribution in [0, 0.1) is 0 Å². The molecule has 5 nitrogen and oxygen atoms in total. The Morgan fingerprint density at radius 3 is 2.50 bits per heavy atom. The molecule has 0 saturated heterocycles. The number of ether oxygens (including phenoxy) is 2. The van der Waals surface area contributed by atoms with E-state index in [-0.39, 0.29) is 18.7 Å². The first-order chi connectivity index (χ1) is 10.6. The number of methoxy groups -OCH3 is 1. The Kier molecular flexibility index (Phi) is 7.75. The van der Waals surface area contributed by atoms with E-state index >= 15 is 0 Å². The number of hydrogen-bond acceptors (Lipinski definition) is 4. The topological polar surface area (TPSA) is 55.8 Å². The van der Waals surface area contributed by atoms with Crippen molar-refractivity contribution >= 4 is 12.1 Å². The van der Waals surface area contributed by atoms with Crippen molar-refractivity contribution in [2.24, 2.45) is 0 Å². The van der Waals surface area contributed by atoms with Gasteiger partial charge in [-0.2, -0.15) is 0 Å². The van der Waals surface area contributed by atoms with Crippen LogP contribution in [0.15, 0.2) is 42.0 Å². The molecule has 0 aliphatic carbocycles. The third kappa shape index (κ3) is 6.43. The summed E-state index contributed by atoms with van der Waals surface area (Å²) in [5.41, 5.74) is 1.89. The van der Waals surface area contributed by atoms with Gasteiger partial charge in [0.25, 0.3) is 0 Å². The molecule has 1 aromatic rings. The molecule has 0 atom stereocenters. The van der Waals surface area contributed by atoms with Gasteiger partial charge in [0.1, 0.15) is 6.61 Å². The summed E-state index contributed by atoms with van der Waals surface area (Å²) in [7, 11) is 3.03. The van der Waals surface area contributed by atoms with Gasteiger partial charge in [-0.15, -0.1) is 0 Å². The first-order valence-electron chi connectivity index (χ1n) is 7.26. The number of carbonyl (C=O) groups is 2. The highest BCUT2D eigenvalue weighted by Crippen LogP contribution is 2.09. The lowest BCUT2D eigenvalue weighted by molar-refractivity contribution is -0.134. The maximum absolute atomic E-state index is 11.9. The van der Waals surface area contributed by atoms with Crippen molar-refractivity contribution in [2.45, 2.75) is 26.4 Å². The maximum atomic E-state index is 11.9. The molecule has 0 fully saturated rings. The summed E-state index contributed by atoms with van der Waals surface area (Å²) in [6, 6.07) is 9.52. The van der Waals surface area contributed by atoms with Gasteiger partial charge in [-0.25, -0.2) is 9.59 Å². The number of amides is 1. The van der Waals surface area contributed by atoms with Gasteiger partial charge in [0, 0.05) is 19.7 Å². The van der Waals surface area contributed by atoms with E-state index in [0.717, 1.165) is 17.6 Å². The molecule has 1 rings (SSSR count). The van der Waals surface area contributed by atoms with Crippen LogP contribution in [-0.4, -0.2) is 37.7 Å². The van der Waals surface area contributed by atoms with Crippen molar-refractivity contribution in [3.63, 3.8) is 0 Å². The van der Waals surface area contributed by atoms with Crippen molar-refractivity contribution in [3.8, 4) is 0 Å². The van der Waals surface area contributed by atoms with E-state index in [2.05, 4.69) is 4.74 Å². The van der Waals surface area contributed by atoms with Crippen molar-refractivity contribution < 1.29 is 19.1 Å². The van der Waals surface area contributed by atoms with Crippen LogP contribution in [0.2, 0.25) is 0 Å². The molecule has 1 amide bonds. The zero-order valence-corrected chi connectivity index (χ0v) is 13.4. The van der Waals surface area contributed by atoms with Crippen molar-refractivity contribution in [2.75, 3.05) is 20.7 Å². The van der Waals surface area contributed by atoms with E-state index in [1.165, 1.54) is 18.1 Å². The van der Waals surface area contributed by atoms with Crippen LogP contribution in [0.3, 0.4) is 0 Å². The fraction of sp³-hybridized carbons (Fsp3) is 0.412. The van der Waals surface area contributed by atoms with Crippen molar-refractivity contribution in [1.29, 1.82) is 0 Å². The van der Waals surface area contributed by atoms with Gasteiger partial charge < -0.3 is 14.4 Å². The molecular formula is C17H23NO4. The van der Waals surface area contributed by atoms with Gasteiger partial charge in [0.05, 0.1) is 7.11 Å². The predicted molar refractivity (Wildman–Crippen MR) is 84.3 cm³/mol. The first-order valence-corrected chi connectivity index (χ1v) is 7.26. The smallest absolute Gasteiger partial charge is 0.409 e. The van der Waals surface area contributed by atoms with Crippen LogP contribution in [0.25, 0.3) is 0 Å². The maximum Gasteiger partial charge on any atom is 0.409 e. The zero-order chi connectivity index (χ0) is 16.4. The Balaban J connectivity index is 2.40. The van der Waals surface area contributed by atoms with Crippen LogP contribution in [0.4, 0.5) is 4.79 Å². The Morgan fingerprint density at radius 1 is 1.23 bits per heavy atom. The number of hydrogen-bond donors (Lipinski definition) is 0. The fourth-order valence-electron chi connectivity index (χ4n) is 1.81. The lowest BCUT2D eigenvalue weighted by Crippen LogP contribution is -2.28. The minimum absolute atomic E-state index is 0.253. The second kappa shape index (κ2) is 9.60. The highest BCUT2D eigenvalue weighted by molar-refractivity contribution is 5.82. The van der Waals surface area contributed by atoms with Crippen LogP contribution >= 0.6 is 0 Å². The standard InChI is InChI=1S/C17H23NO4/c1-4-14(12-16(19)21-3)10-11-18(2)17(20)22-13-15-8-6-5-7-9-15/h5-9,12H,4,10-11,13H2,1-3H3/b14-12-. The second-order valence-electron chi connectivity index (χ2n) is 4.89. The van der Waals surface area contributed by atoms with E-state index < -0.39 is 0 Å². The van der Waals surface area contributed by atoms with E-state index in [0.29, 0.717) is 13.0 Å². The van der Waals surface area contributed by atoms with E-state index in [4.69, 9.17) is 4.74 Å². The first kappa shape index (κ1) is 17.8. The van der Waals surface area contributed by atoms with Gasteiger partial charge in [-0.3, -0.25) is 0 Å². The normalized spacial score (nSPS) is 11.0. The third-order valence-corrected chi connectivity index (χ3v) is 3.26. The quantitative estimate of drug-likeness (QED) is 0.573. The monoisotopic (exact) mass is 305 g/mol. The summed E-state index contributed by atoms with van der Waals surface area (Å²) >= 11 is 0. The average molecular weight is 305 g/mol. The molecule has 5 heteroatoms. The molecule has 0 aliphatic heterocycles. The minimum atomic E-state index is -0.377. The summed E-state index contributed by atoms with van der Waals surface area (Å²) in [6.07, 6.45) is 2.45. The number of rotatable bonds is 7. The highest BCUT2D eigenvalue weighted by Gasteiger charge is 2.11. The molecule has 0 aromatic heterocycles. The Morgan fingerprint density at radius 2 is 1.91 bits per heavy atom. The summed E-state index contributed by atoms with van der Waals surface area (Å²) in [4.78, 5) is 24.6. The fourth-order valence-corrected chi connectivity index (χ4v) is 1.81. The lowest BCUT2D eigenvalue weighted by Gasteiger charge is -2.17. The van der Waals surface area contributed by atoms with E-state index in [1.54, 1.807) is 7.05 Å². The Hall–Kier alpha value is -2.30. The van der Waals surface area contributed by atoms with Gasteiger partial charge in [0.15, 0.2) is 0 Å². The van der Waals surface area contributed by atoms with Crippen LogP contribution in [-0.2, 0) is 20.9 Å². The zero-order valence-electron chi connectivity index (χ0n) is 13.4. The highest BCUT2D eigenvalue weighted by atomic mass is 16.6. The molecule has 0 aliphatic rings. The lowest BCUT2D eigenvalue weighted by atomic mass is 10.1. The van der Waals surface area contributed by atoms with Gasteiger partial charge in [-0.05, 0) is 18.4 Å². The van der Waals surface area contributed by atoms with Gasteiger partial charge >= 0.3 is 12.1 Å². The molecule has 1 aromatic carbocycles. The second-order valence-corrected chi connectivity index (χ2v) is 4.89. The van der Waals surface area contributed by atoms with Gasteiger partial charge in [-0.1, -0.05) is 42.8 Å². The molecule has 0 bridgehead atoms. The summed E-state index contributed by atoms with van der Waals surface area (Å²) < 4.78 is 9.84. The molecule has 0 unspecified atom stereocenters. The summed E-state index contributed by atoms with van der Waals surface area (Å²) in [5, 5.41) is 0. The minimum Gasteiger partial charge on any atom is -0.466 e. The average Bonchev–Trinajstić information content (AvgIpc) is 2.56. The third-order valence-electron chi connectivity index (χ3n) is 3.26. The number of esters is 1. The van der Waals surface area contributed by atoms with Crippen LogP contribution in [0.5, 0.6) is 0 Å². The van der Waals surface area contributed by atoms with Crippen molar-refractivity contribution in [1.82, 2.24) is 4.90 Å². The Bertz CT molecular complexity index is 511. The Labute approximate surface area is 131 Å². The van der Waals surface area contributed by atoms with E-state index in [9.17, 15) is 9.59 Å². The van der Waals surface area contributed by atoms with Gasteiger partial charge in [0.2, 0.25) is 0 Å². The molecular weight excluding hydrogens is 282 g/mol. The molecule has 0 spiro atoms. The summed E-state index contributed by atoms with van der Waals surface area (Å²) in [6.45, 7) is 2.70. The molecule has 0 radical (unpaired) electrons. The molecule has 0 saturated carbocycles. The largest absolute Gasteiger partial charge is 0.466 e. The van der Waals surface area contributed by atoms with Crippen molar-refractivity contribution in [3.05, 3.63) is 47.5 Å². The predicted octanol–water partition coefficient (Wildman–Crippen LogP) is 3.15.